The average Bonchev–Trinajstić information content (AvgIpc) is 2.45. The number of hydrogen-bond donors (Lipinski definition) is 1. The summed E-state index contributed by atoms with van der Waals surface area (Å²) in [5.41, 5.74) is 2.07. The third kappa shape index (κ3) is 2.91. The number of benzene rings is 1. The lowest BCUT2D eigenvalue weighted by atomic mass is 10.2. The topological polar surface area (TPSA) is 43.4 Å². The first-order chi connectivity index (χ1) is 8.83. The van der Waals surface area contributed by atoms with Crippen molar-refractivity contribution in [1.82, 2.24) is 4.98 Å². The number of nitrogens with zero attached hydrogens (tertiary/aromatic N) is 1. The van der Waals surface area contributed by atoms with Crippen LogP contribution in [0.1, 0.15) is 5.56 Å². The molecule has 1 heterocycles. The van der Waals surface area contributed by atoms with Crippen molar-refractivity contribution in [1.29, 1.82) is 0 Å². The number of methoxy groups -OCH3 is 2. The van der Waals surface area contributed by atoms with Crippen LogP contribution in [0.3, 0.4) is 0 Å². The van der Waals surface area contributed by atoms with Crippen LogP contribution in [0.4, 0.5) is 5.69 Å². The zero-order valence-electron chi connectivity index (χ0n) is 10.5. The van der Waals surface area contributed by atoms with Crippen LogP contribution in [-0.2, 0) is 6.54 Å². The van der Waals surface area contributed by atoms with E-state index in [-0.39, 0.29) is 0 Å². The first kappa shape index (κ1) is 12.2. The molecular formula is C14H16N2O2. The van der Waals surface area contributed by atoms with E-state index in [2.05, 4.69) is 10.3 Å². The molecule has 0 amide bonds. The number of anilines is 1. The second-order valence-electron chi connectivity index (χ2n) is 3.78. The highest BCUT2D eigenvalue weighted by atomic mass is 16.5. The second-order valence-corrected chi connectivity index (χ2v) is 3.78. The van der Waals surface area contributed by atoms with Gasteiger partial charge < -0.3 is 14.8 Å². The van der Waals surface area contributed by atoms with Gasteiger partial charge in [-0.1, -0.05) is 0 Å². The van der Waals surface area contributed by atoms with E-state index in [1.807, 2.05) is 30.3 Å². The summed E-state index contributed by atoms with van der Waals surface area (Å²) in [5, 5.41) is 3.32. The zero-order valence-corrected chi connectivity index (χ0v) is 10.5. The maximum Gasteiger partial charge on any atom is 0.142 e. The maximum atomic E-state index is 5.30. The highest BCUT2D eigenvalue weighted by Gasteiger charge is 2.04. The van der Waals surface area contributed by atoms with E-state index in [0.29, 0.717) is 6.54 Å². The Hall–Kier alpha value is -2.23. The quantitative estimate of drug-likeness (QED) is 0.878. The zero-order chi connectivity index (χ0) is 12.8. The van der Waals surface area contributed by atoms with Gasteiger partial charge in [-0.2, -0.15) is 0 Å². The van der Waals surface area contributed by atoms with Crippen molar-refractivity contribution in [3.63, 3.8) is 0 Å². The van der Waals surface area contributed by atoms with Crippen molar-refractivity contribution >= 4 is 5.69 Å². The Morgan fingerprint density at radius 2 is 1.83 bits per heavy atom. The standard InChI is InChI=1S/C14H16N2O2/c1-17-12-3-4-14(18-2)13(9-12)16-10-11-5-7-15-8-6-11/h3-9,16H,10H2,1-2H3. The van der Waals surface area contributed by atoms with E-state index in [0.717, 1.165) is 22.7 Å². The van der Waals surface area contributed by atoms with Crippen LogP contribution >= 0.6 is 0 Å². The molecule has 0 spiro atoms. The number of rotatable bonds is 5. The number of nitrogens with one attached hydrogen (secondary N) is 1. The molecule has 0 fully saturated rings. The van der Waals surface area contributed by atoms with Crippen molar-refractivity contribution in [2.24, 2.45) is 0 Å². The minimum atomic E-state index is 0.714. The van der Waals surface area contributed by atoms with Gasteiger partial charge in [-0.05, 0) is 29.8 Å². The average molecular weight is 244 g/mol. The molecule has 2 aromatic rings. The number of pyridine rings is 1. The van der Waals surface area contributed by atoms with E-state index in [1.54, 1.807) is 26.6 Å². The molecule has 4 nitrogen and oxygen atoms in total. The number of hydrogen-bond acceptors (Lipinski definition) is 4. The molecular weight excluding hydrogens is 228 g/mol. The smallest absolute Gasteiger partial charge is 0.142 e. The number of ether oxygens (including phenoxy) is 2. The summed E-state index contributed by atoms with van der Waals surface area (Å²) >= 11 is 0. The van der Waals surface area contributed by atoms with Gasteiger partial charge in [-0.15, -0.1) is 0 Å². The Labute approximate surface area is 107 Å². The van der Waals surface area contributed by atoms with Crippen LogP contribution < -0.4 is 14.8 Å². The molecule has 0 radical (unpaired) electrons. The molecule has 1 aromatic heterocycles. The van der Waals surface area contributed by atoms with Crippen LogP contribution in [0.15, 0.2) is 42.7 Å². The minimum absolute atomic E-state index is 0.714. The van der Waals surface area contributed by atoms with Crippen molar-refractivity contribution in [3.8, 4) is 11.5 Å². The van der Waals surface area contributed by atoms with Crippen LogP contribution in [0, 0.1) is 0 Å². The monoisotopic (exact) mass is 244 g/mol. The molecule has 4 heteroatoms. The molecule has 0 atom stereocenters. The molecule has 0 saturated heterocycles. The van der Waals surface area contributed by atoms with Gasteiger partial charge in [0, 0.05) is 25.0 Å². The molecule has 0 unspecified atom stereocenters. The van der Waals surface area contributed by atoms with E-state index < -0.39 is 0 Å². The van der Waals surface area contributed by atoms with Crippen molar-refractivity contribution in [2.45, 2.75) is 6.54 Å². The highest BCUT2D eigenvalue weighted by Crippen LogP contribution is 2.29. The van der Waals surface area contributed by atoms with Gasteiger partial charge in [-0.25, -0.2) is 0 Å². The largest absolute Gasteiger partial charge is 0.497 e. The van der Waals surface area contributed by atoms with Crippen molar-refractivity contribution < 1.29 is 9.47 Å². The fourth-order valence-electron chi connectivity index (χ4n) is 1.65. The summed E-state index contributed by atoms with van der Waals surface area (Å²) in [5.74, 6) is 1.60. The SMILES string of the molecule is COc1ccc(OC)c(NCc2ccncc2)c1. The van der Waals surface area contributed by atoms with E-state index >= 15 is 0 Å². The highest BCUT2D eigenvalue weighted by molar-refractivity contribution is 5.59. The van der Waals surface area contributed by atoms with Gasteiger partial charge in [-0.3, -0.25) is 4.98 Å². The van der Waals surface area contributed by atoms with Gasteiger partial charge in [0.15, 0.2) is 0 Å². The summed E-state index contributed by atoms with van der Waals surface area (Å²) in [4.78, 5) is 3.99. The molecule has 1 aromatic carbocycles. The summed E-state index contributed by atoms with van der Waals surface area (Å²) in [6.45, 7) is 0.714. The van der Waals surface area contributed by atoms with Crippen LogP contribution in [0.2, 0.25) is 0 Å². The fourth-order valence-corrected chi connectivity index (χ4v) is 1.65. The van der Waals surface area contributed by atoms with Crippen LogP contribution in [0.25, 0.3) is 0 Å². The van der Waals surface area contributed by atoms with Crippen LogP contribution in [-0.4, -0.2) is 19.2 Å². The molecule has 2 rings (SSSR count). The lowest BCUT2D eigenvalue weighted by Crippen LogP contribution is -2.01. The van der Waals surface area contributed by atoms with Gasteiger partial charge in [0.25, 0.3) is 0 Å². The van der Waals surface area contributed by atoms with E-state index in [9.17, 15) is 0 Å². The molecule has 1 N–H and O–H groups in total. The third-order valence-corrected chi connectivity index (χ3v) is 2.64. The lowest BCUT2D eigenvalue weighted by molar-refractivity contribution is 0.404. The molecule has 0 aliphatic heterocycles. The summed E-state index contributed by atoms with van der Waals surface area (Å²) in [7, 11) is 3.30. The molecule has 18 heavy (non-hydrogen) atoms. The second kappa shape index (κ2) is 5.91. The summed E-state index contributed by atoms with van der Waals surface area (Å²) in [6.07, 6.45) is 3.56. The first-order valence-electron chi connectivity index (χ1n) is 5.68. The Morgan fingerprint density at radius 1 is 1.06 bits per heavy atom. The molecule has 0 bridgehead atoms. The number of aromatic nitrogens is 1. The van der Waals surface area contributed by atoms with Crippen molar-refractivity contribution in [3.05, 3.63) is 48.3 Å². The Balaban J connectivity index is 2.12. The summed E-state index contributed by atoms with van der Waals surface area (Å²) in [6, 6.07) is 9.61. The predicted octanol–water partition coefficient (Wildman–Crippen LogP) is 2.71. The van der Waals surface area contributed by atoms with Gasteiger partial charge in [0.05, 0.1) is 19.9 Å². The first-order valence-corrected chi connectivity index (χ1v) is 5.68. The molecule has 0 aliphatic rings. The van der Waals surface area contributed by atoms with Crippen molar-refractivity contribution in [2.75, 3.05) is 19.5 Å². The van der Waals surface area contributed by atoms with Crippen LogP contribution in [0.5, 0.6) is 11.5 Å². The van der Waals surface area contributed by atoms with Gasteiger partial charge in [0.2, 0.25) is 0 Å². The van der Waals surface area contributed by atoms with Gasteiger partial charge >= 0.3 is 0 Å². The Kier molecular flexibility index (Phi) is 4.02. The normalized spacial score (nSPS) is 9.89. The van der Waals surface area contributed by atoms with E-state index in [1.165, 1.54) is 0 Å². The molecule has 94 valence electrons. The fraction of sp³-hybridized carbons (Fsp3) is 0.214. The molecule has 0 aliphatic carbocycles. The predicted molar refractivity (Wildman–Crippen MR) is 71.1 cm³/mol. The maximum absolute atomic E-state index is 5.30. The Morgan fingerprint density at radius 3 is 2.50 bits per heavy atom. The van der Waals surface area contributed by atoms with E-state index in [4.69, 9.17) is 9.47 Å². The molecule has 0 saturated carbocycles. The minimum Gasteiger partial charge on any atom is -0.497 e. The van der Waals surface area contributed by atoms with Gasteiger partial charge in [0.1, 0.15) is 11.5 Å². The lowest BCUT2D eigenvalue weighted by Gasteiger charge is -2.12. The third-order valence-electron chi connectivity index (χ3n) is 2.64. The Bertz CT molecular complexity index is 500. The summed E-state index contributed by atoms with van der Waals surface area (Å²) < 4.78 is 10.5.